The van der Waals surface area contributed by atoms with E-state index in [2.05, 4.69) is 10.1 Å². The Morgan fingerprint density at radius 2 is 2.24 bits per heavy atom. The molecule has 0 amide bonds. The second-order valence-electron chi connectivity index (χ2n) is 3.30. The van der Waals surface area contributed by atoms with Crippen molar-refractivity contribution in [3.8, 4) is 5.69 Å². The molecule has 0 fully saturated rings. The van der Waals surface area contributed by atoms with Crippen LogP contribution < -0.4 is 0 Å². The first-order valence-corrected chi connectivity index (χ1v) is 4.99. The van der Waals surface area contributed by atoms with E-state index in [4.69, 9.17) is 16.7 Å². The number of aromatic carboxylic acids is 1. The van der Waals surface area contributed by atoms with Crippen molar-refractivity contribution < 1.29 is 14.3 Å². The zero-order valence-corrected chi connectivity index (χ0v) is 9.44. The summed E-state index contributed by atoms with van der Waals surface area (Å²) in [5.74, 6) is -1.68. The van der Waals surface area contributed by atoms with Gasteiger partial charge in [-0.2, -0.15) is 0 Å². The number of halogens is 2. The molecule has 17 heavy (non-hydrogen) atoms. The smallest absolute Gasteiger partial charge is 0.375 e. The molecule has 1 N–H and O–H groups in total. The van der Waals surface area contributed by atoms with Gasteiger partial charge in [0.25, 0.3) is 5.82 Å². The van der Waals surface area contributed by atoms with Crippen LogP contribution in [-0.2, 0) is 0 Å². The molecule has 0 spiro atoms. The van der Waals surface area contributed by atoms with Crippen LogP contribution in [0.3, 0.4) is 0 Å². The molecule has 2 aromatic rings. The van der Waals surface area contributed by atoms with Crippen LogP contribution in [0.25, 0.3) is 5.69 Å². The lowest BCUT2D eigenvalue weighted by atomic mass is 10.3. The van der Waals surface area contributed by atoms with Gasteiger partial charge >= 0.3 is 5.97 Å². The molecule has 88 valence electrons. The number of nitrogens with zero attached hydrogens (tertiary/aromatic N) is 3. The molecule has 0 radical (unpaired) electrons. The summed E-state index contributed by atoms with van der Waals surface area (Å²) >= 11 is 5.85. The van der Waals surface area contributed by atoms with Gasteiger partial charge in [0.2, 0.25) is 0 Å². The standard InChI is InChI=1S/C10H7ClFN3O2/c1-5-13-9(10(16)17)14-15(5)8-3-2-6(12)4-7(8)11/h2-4H,1H3,(H,16,17). The number of rotatable bonds is 2. The number of benzene rings is 1. The van der Waals surface area contributed by atoms with E-state index >= 15 is 0 Å². The van der Waals surface area contributed by atoms with Gasteiger partial charge in [-0.15, -0.1) is 5.10 Å². The quantitative estimate of drug-likeness (QED) is 0.892. The number of hydrogen-bond donors (Lipinski definition) is 1. The van der Waals surface area contributed by atoms with Gasteiger partial charge in [0.05, 0.1) is 10.7 Å². The number of carboxylic acids is 1. The second-order valence-corrected chi connectivity index (χ2v) is 3.70. The minimum atomic E-state index is -1.23. The molecule has 1 heterocycles. The molecule has 0 saturated carbocycles. The molecular formula is C10H7ClFN3O2. The third-order valence-corrected chi connectivity index (χ3v) is 2.40. The van der Waals surface area contributed by atoms with Gasteiger partial charge in [-0.3, -0.25) is 0 Å². The normalized spacial score (nSPS) is 10.5. The molecule has 0 atom stereocenters. The zero-order valence-electron chi connectivity index (χ0n) is 8.69. The lowest BCUT2D eigenvalue weighted by molar-refractivity contribution is 0.0683. The van der Waals surface area contributed by atoms with E-state index in [0.717, 1.165) is 6.07 Å². The molecule has 7 heteroatoms. The summed E-state index contributed by atoms with van der Waals surface area (Å²) in [5, 5.41) is 12.7. The number of aryl methyl sites for hydroxylation is 1. The minimum absolute atomic E-state index is 0.134. The summed E-state index contributed by atoms with van der Waals surface area (Å²) in [6.45, 7) is 1.58. The van der Waals surface area contributed by atoms with Crippen molar-refractivity contribution in [3.05, 3.63) is 40.7 Å². The molecule has 0 aliphatic heterocycles. The summed E-state index contributed by atoms with van der Waals surface area (Å²) in [7, 11) is 0. The van der Waals surface area contributed by atoms with Gasteiger partial charge in [-0.1, -0.05) is 11.6 Å². The first-order chi connectivity index (χ1) is 7.99. The fourth-order valence-electron chi connectivity index (χ4n) is 1.36. The summed E-state index contributed by atoms with van der Waals surface area (Å²) in [4.78, 5) is 14.5. The van der Waals surface area contributed by atoms with Gasteiger partial charge < -0.3 is 5.11 Å². The average molecular weight is 256 g/mol. The van der Waals surface area contributed by atoms with Gasteiger partial charge in [0.1, 0.15) is 11.6 Å². The van der Waals surface area contributed by atoms with Crippen LogP contribution in [-0.4, -0.2) is 25.8 Å². The zero-order chi connectivity index (χ0) is 12.6. The van der Waals surface area contributed by atoms with Crippen molar-refractivity contribution in [2.24, 2.45) is 0 Å². The molecule has 0 unspecified atom stereocenters. The van der Waals surface area contributed by atoms with E-state index in [0.29, 0.717) is 11.5 Å². The monoisotopic (exact) mass is 255 g/mol. The van der Waals surface area contributed by atoms with Crippen LogP contribution in [0.4, 0.5) is 4.39 Å². The Morgan fingerprint density at radius 1 is 1.53 bits per heavy atom. The van der Waals surface area contributed by atoms with E-state index in [1.54, 1.807) is 6.92 Å². The third-order valence-electron chi connectivity index (χ3n) is 2.10. The first kappa shape index (κ1) is 11.5. The highest BCUT2D eigenvalue weighted by atomic mass is 35.5. The largest absolute Gasteiger partial charge is 0.475 e. The molecule has 1 aromatic carbocycles. The molecule has 0 saturated heterocycles. The lowest BCUT2D eigenvalue weighted by Crippen LogP contribution is -2.03. The van der Waals surface area contributed by atoms with E-state index in [1.807, 2.05) is 0 Å². The maximum Gasteiger partial charge on any atom is 0.375 e. The van der Waals surface area contributed by atoms with Gasteiger partial charge in [-0.05, 0) is 25.1 Å². The van der Waals surface area contributed by atoms with Crippen molar-refractivity contribution in [3.63, 3.8) is 0 Å². The summed E-state index contributed by atoms with van der Waals surface area (Å²) in [5.41, 5.74) is 0.380. The summed E-state index contributed by atoms with van der Waals surface area (Å²) < 4.78 is 14.1. The fraction of sp³-hybridized carbons (Fsp3) is 0.100. The van der Waals surface area contributed by atoms with Crippen LogP contribution in [0.1, 0.15) is 16.4 Å². The van der Waals surface area contributed by atoms with Crippen LogP contribution in [0, 0.1) is 12.7 Å². The predicted octanol–water partition coefficient (Wildman–Crippen LogP) is 2.07. The van der Waals surface area contributed by atoms with Crippen LogP contribution in [0.2, 0.25) is 5.02 Å². The van der Waals surface area contributed by atoms with Crippen molar-refractivity contribution in [1.29, 1.82) is 0 Å². The molecule has 2 rings (SSSR count). The topological polar surface area (TPSA) is 68.0 Å². The number of carbonyl (C=O) groups is 1. The van der Waals surface area contributed by atoms with Gasteiger partial charge in [-0.25, -0.2) is 18.9 Å². The maximum atomic E-state index is 12.9. The second kappa shape index (κ2) is 4.14. The van der Waals surface area contributed by atoms with Gasteiger partial charge in [0.15, 0.2) is 0 Å². The summed E-state index contributed by atoms with van der Waals surface area (Å²) in [6, 6.07) is 3.74. The average Bonchev–Trinajstić information content (AvgIpc) is 2.61. The van der Waals surface area contributed by atoms with E-state index in [9.17, 15) is 9.18 Å². The Morgan fingerprint density at radius 3 is 2.76 bits per heavy atom. The molecule has 0 aliphatic carbocycles. The molecule has 0 aliphatic rings. The first-order valence-electron chi connectivity index (χ1n) is 4.61. The molecule has 5 nitrogen and oxygen atoms in total. The number of carboxylic acid groups (broad SMARTS) is 1. The van der Waals surface area contributed by atoms with Crippen LogP contribution in [0.15, 0.2) is 18.2 Å². The number of hydrogen-bond acceptors (Lipinski definition) is 3. The number of aromatic nitrogens is 3. The Labute approximate surface area is 100 Å². The predicted molar refractivity (Wildman–Crippen MR) is 58.0 cm³/mol. The van der Waals surface area contributed by atoms with Crippen LogP contribution >= 0.6 is 11.6 Å². The molecule has 1 aromatic heterocycles. The Hall–Kier alpha value is -1.95. The van der Waals surface area contributed by atoms with Crippen molar-refractivity contribution >= 4 is 17.6 Å². The van der Waals surface area contributed by atoms with Crippen molar-refractivity contribution in [1.82, 2.24) is 14.8 Å². The van der Waals surface area contributed by atoms with E-state index in [1.165, 1.54) is 16.8 Å². The van der Waals surface area contributed by atoms with Crippen molar-refractivity contribution in [2.75, 3.05) is 0 Å². The summed E-state index contributed by atoms with van der Waals surface area (Å²) in [6.07, 6.45) is 0. The minimum Gasteiger partial charge on any atom is -0.475 e. The van der Waals surface area contributed by atoms with Crippen molar-refractivity contribution in [2.45, 2.75) is 6.92 Å². The molecule has 0 bridgehead atoms. The highest BCUT2D eigenvalue weighted by molar-refractivity contribution is 6.32. The fourth-order valence-corrected chi connectivity index (χ4v) is 1.61. The Balaban J connectivity index is 2.56. The molecular weight excluding hydrogens is 249 g/mol. The lowest BCUT2D eigenvalue weighted by Gasteiger charge is -2.04. The van der Waals surface area contributed by atoms with Gasteiger partial charge in [0, 0.05) is 0 Å². The SMILES string of the molecule is Cc1nc(C(=O)O)nn1-c1ccc(F)cc1Cl. The van der Waals surface area contributed by atoms with Crippen LogP contribution in [0.5, 0.6) is 0 Å². The van der Waals surface area contributed by atoms with E-state index in [-0.39, 0.29) is 10.8 Å². The maximum absolute atomic E-state index is 12.9. The van der Waals surface area contributed by atoms with E-state index < -0.39 is 11.8 Å². The highest BCUT2D eigenvalue weighted by Crippen LogP contribution is 2.21. The third kappa shape index (κ3) is 2.12. The Bertz CT molecular complexity index is 597. The Kier molecular flexibility index (Phi) is 2.81. The highest BCUT2D eigenvalue weighted by Gasteiger charge is 2.15.